The predicted molar refractivity (Wildman–Crippen MR) is 71.1 cm³/mol. The summed E-state index contributed by atoms with van der Waals surface area (Å²) in [5.74, 6) is 0.921. The maximum Gasteiger partial charge on any atom is 0.0795 e. The minimum absolute atomic E-state index is 0.816. The van der Waals surface area contributed by atoms with Crippen molar-refractivity contribution in [1.29, 1.82) is 0 Å². The molecule has 0 aliphatic carbocycles. The van der Waals surface area contributed by atoms with E-state index in [2.05, 4.69) is 20.6 Å². The summed E-state index contributed by atoms with van der Waals surface area (Å²) in [7, 11) is 0. The van der Waals surface area contributed by atoms with Crippen LogP contribution in [0.25, 0.3) is 0 Å². The second-order valence-corrected chi connectivity index (χ2v) is 6.01. The van der Waals surface area contributed by atoms with Gasteiger partial charge in [0.05, 0.1) is 11.2 Å². The van der Waals surface area contributed by atoms with Gasteiger partial charge in [0.2, 0.25) is 0 Å². The fraction of sp³-hybridized carbons (Fsp3) is 0.769. The molecule has 1 aromatic heterocycles. The van der Waals surface area contributed by atoms with E-state index in [0.717, 1.165) is 18.5 Å². The van der Waals surface area contributed by atoms with Gasteiger partial charge in [-0.1, -0.05) is 0 Å². The van der Waals surface area contributed by atoms with Crippen LogP contribution in [0.5, 0.6) is 0 Å². The molecule has 0 aromatic carbocycles. The first kappa shape index (κ1) is 11.6. The molecule has 1 aromatic rings. The standard InChI is InChI=1S/C13H21N3S/c1-2-13(14-5-1)11-3-6-16(7-4-11)8-12-9-17-10-15-12/h9-11,13-14H,1-8H2. The van der Waals surface area contributed by atoms with Gasteiger partial charge in [-0.3, -0.25) is 4.90 Å². The quantitative estimate of drug-likeness (QED) is 0.892. The summed E-state index contributed by atoms with van der Waals surface area (Å²) in [6, 6.07) is 0.816. The summed E-state index contributed by atoms with van der Waals surface area (Å²) in [4.78, 5) is 6.93. The highest BCUT2D eigenvalue weighted by atomic mass is 32.1. The van der Waals surface area contributed by atoms with Crippen LogP contribution in [0.3, 0.4) is 0 Å². The molecule has 17 heavy (non-hydrogen) atoms. The molecule has 2 fully saturated rings. The van der Waals surface area contributed by atoms with Crippen LogP contribution in [0.15, 0.2) is 10.9 Å². The van der Waals surface area contributed by atoms with Crippen LogP contribution in [0.2, 0.25) is 0 Å². The lowest BCUT2D eigenvalue weighted by atomic mass is 9.88. The van der Waals surface area contributed by atoms with Crippen LogP contribution >= 0.6 is 11.3 Å². The van der Waals surface area contributed by atoms with Gasteiger partial charge in [0.15, 0.2) is 0 Å². The third kappa shape index (κ3) is 2.87. The molecule has 2 saturated heterocycles. The van der Waals surface area contributed by atoms with Gasteiger partial charge in [0, 0.05) is 18.0 Å². The fourth-order valence-electron chi connectivity index (χ4n) is 3.17. The SMILES string of the molecule is c1nc(CN2CCC(C3CCCN3)CC2)cs1. The van der Waals surface area contributed by atoms with Gasteiger partial charge in [-0.05, 0) is 51.2 Å². The van der Waals surface area contributed by atoms with Crippen molar-refractivity contribution in [3.8, 4) is 0 Å². The summed E-state index contributed by atoms with van der Waals surface area (Å²) in [6.45, 7) is 4.79. The van der Waals surface area contributed by atoms with Crippen molar-refractivity contribution in [2.24, 2.45) is 5.92 Å². The summed E-state index contributed by atoms with van der Waals surface area (Å²) >= 11 is 1.70. The number of hydrogen-bond acceptors (Lipinski definition) is 4. The second kappa shape index (κ2) is 5.46. The Balaban J connectivity index is 1.47. The van der Waals surface area contributed by atoms with Gasteiger partial charge < -0.3 is 5.32 Å². The van der Waals surface area contributed by atoms with E-state index in [1.807, 2.05) is 5.51 Å². The molecule has 3 heterocycles. The van der Waals surface area contributed by atoms with Crippen molar-refractivity contribution in [2.75, 3.05) is 19.6 Å². The fourth-order valence-corrected chi connectivity index (χ4v) is 3.72. The monoisotopic (exact) mass is 251 g/mol. The normalized spacial score (nSPS) is 27.6. The van der Waals surface area contributed by atoms with Crippen LogP contribution in [0, 0.1) is 5.92 Å². The van der Waals surface area contributed by atoms with Crippen LogP contribution in [0.4, 0.5) is 0 Å². The highest BCUT2D eigenvalue weighted by Gasteiger charge is 2.28. The van der Waals surface area contributed by atoms with Crippen LogP contribution in [-0.4, -0.2) is 35.6 Å². The minimum Gasteiger partial charge on any atom is -0.314 e. The third-order valence-electron chi connectivity index (χ3n) is 4.17. The Labute approximate surface area is 107 Å². The van der Waals surface area contributed by atoms with Crippen molar-refractivity contribution >= 4 is 11.3 Å². The van der Waals surface area contributed by atoms with E-state index < -0.39 is 0 Å². The maximum atomic E-state index is 4.37. The van der Waals surface area contributed by atoms with E-state index >= 15 is 0 Å². The molecule has 0 spiro atoms. The molecule has 1 atom stereocenters. The smallest absolute Gasteiger partial charge is 0.0795 e. The van der Waals surface area contributed by atoms with Gasteiger partial charge in [0.1, 0.15) is 0 Å². The first-order valence-electron chi connectivity index (χ1n) is 6.74. The van der Waals surface area contributed by atoms with Crippen molar-refractivity contribution in [3.05, 3.63) is 16.6 Å². The molecule has 2 aliphatic rings. The zero-order chi connectivity index (χ0) is 11.5. The minimum atomic E-state index is 0.816. The molecule has 3 rings (SSSR count). The summed E-state index contributed by atoms with van der Waals surface area (Å²) in [6.07, 6.45) is 5.50. The Kier molecular flexibility index (Phi) is 3.74. The second-order valence-electron chi connectivity index (χ2n) is 5.30. The first-order valence-corrected chi connectivity index (χ1v) is 7.69. The zero-order valence-corrected chi connectivity index (χ0v) is 11.1. The van der Waals surface area contributed by atoms with Gasteiger partial charge in [-0.15, -0.1) is 11.3 Å². The van der Waals surface area contributed by atoms with E-state index in [4.69, 9.17) is 0 Å². The van der Waals surface area contributed by atoms with Crippen molar-refractivity contribution in [1.82, 2.24) is 15.2 Å². The Bertz CT molecular complexity index is 324. The van der Waals surface area contributed by atoms with Crippen molar-refractivity contribution in [3.63, 3.8) is 0 Å². The van der Waals surface area contributed by atoms with Gasteiger partial charge in [-0.2, -0.15) is 0 Å². The number of thiazole rings is 1. The molecule has 0 amide bonds. The van der Waals surface area contributed by atoms with E-state index in [9.17, 15) is 0 Å². The summed E-state index contributed by atoms with van der Waals surface area (Å²) < 4.78 is 0. The molecule has 2 aliphatic heterocycles. The van der Waals surface area contributed by atoms with Crippen molar-refractivity contribution in [2.45, 2.75) is 38.3 Å². The third-order valence-corrected chi connectivity index (χ3v) is 4.80. The average Bonchev–Trinajstić information content (AvgIpc) is 3.01. The van der Waals surface area contributed by atoms with E-state index in [1.54, 1.807) is 11.3 Å². The number of nitrogens with zero attached hydrogens (tertiary/aromatic N) is 2. The molecule has 1 unspecified atom stereocenters. The largest absolute Gasteiger partial charge is 0.314 e. The molecule has 0 saturated carbocycles. The Hall–Kier alpha value is -0.450. The number of piperidine rings is 1. The first-order chi connectivity index (χ1) is 8.42. The maximum absolute atomic E-state index is 4.37. The number of rotatable bonds is 3. The highest BCUT2D eigenvalue weighted by Crippen LogP contribution is 2.26. The molecular formula is C13H21N3S. The molecule has 3 nitrogen and oxygen atoms in total. The highest BCUT2D eigenvalue weighted by molar-refractivity contribution is 7.07. The number of likely N-dealkylation sites (tertiary alicyclic amines) is 1. The van der Waals surface area contributed by atoms with Crippen LogP contribution in [-0.2, 0) is 6.54 Å². The lowest BCUT2D eigenvalue weighted by Gasteiger charge is -2.34. The van der Waals surface area contributed by atoms with Gasteiger partial charge in [0.25, 0.3) is 0 Å². The Morgan fingerprint density at radius 2 is 2.24 bits per heavy atom. The Morgan fingerprint density at radius 1 is 1.35 bits per heavy atom. The molecule has 4 heteroatoms. The average molecular weight is 251 g/mol. The van der Waals surface area contributed by atoms with E-state index in [-0.39, 0.29) is 0 Å². The van der Waals surface area contributed by atoms with Crippen LogP contribution < -0.4 is 5.32 Å². The van der Waals surface area contributed by atoms with Crippen molar-refractivity contribution < 1.29 is 0 Å². The lowest BCUT2D eigenvalue weighted by Crippen LogP contribution is -2.40. The molecule has 0 bridgehead atoms. The van der Waals surface area contributed by atoms with Gasteiger partial charge >= 0.3 is 0 Å². The molecular weight excluding hydrogens is 230 g/mol. The molecule has 1 N–H and O–H groups in total. The van der Waals surface area contributed by atoms with Gasteiger partial charge in [-0.25, -0.2) is 4.98 Å². The number of hydrogen-bond donors (Lipinski definition) is 1. The molecule has 0 radical (unpaired) electrons. The number of nitrogens with one attached hydrogen (secondary N) is 1. The van der Waals surface area contributed by atoms with Crippen LogP contribution in [0.1, 0.15) is 31.4 Å². The topological polar surface area (TPSA) is 28.2 Å². The van der Waals surface area contributed by atoms with E-state index in [0.29, 0.717) is 0 Å². The predicted octanol–water partition coefficient (Wildman–Crippen LogP) is 2.11. The summed E-state index contributed by atoms with van der Waals surface area (Å²) in [5, 5.41) is 5.83. The molecule has 94 valence electrons. The summed E-state index contributed by atoms with van der Waals surface area (Å²) in [5.41, 5.74) is 3.18. The Morgan fingerprint density at radius 3 is 2.88 bits per heavy atom. The van der Waals surface area contributed by atoms with E-state index in [1.165, 1.54) is 51.0 Å². The lowest BCUT2D eigenvalue weighted by molar-refractivity contribution is 0.156. The zero-order valence-electron chi connectivity index (χ0n) is 10.3. The number of aromatic nitrogens is 1.